The molecular formula is C42H32N4. The Labute approximate surface area is 269 Å². The second-order valence-corrected chi connectivity index (χ2v) is 11.0. The maximum absolute atomic E-state index is 8.18. The van der Waals surface area contributed by atoms with Crippen molar-refractivity contribution in [1.82, 2.24) is 0 Å². The number of allylic oxidation sites excluding steroid dienone is 4. The molecule has 2 N–H and O–H groups in total. The van der Waals surface area contributed by atoms with Crippen LogP contribution in [0.4, 0.5) is 22.7 Å². The molecule has 46 heavy (non-hydrogen) atoms. The molecule has 4 heteroatoms. The molecule has 1 aliphatic carbocycles. The number of hydrogen-bond acceptors (Lipinski definition) is 4. The zero-order chi connectivity index (χ0) is 31.1. The zero-order valence-electron chi connectivity index (χ0n) is 25.2. The highest BCUT2D eigenvalue weighted by atomic mass is 15.3. The number of benzene rings is 6. The van der Waals surface area contributed by atoms with Crippen LogP contribution in [0, 0.1) is 5.41 Å². The third kappa shape index (κ3) is 6.19. The van der Waals surface area contributed by atoms with Gasteiger partial charge in [-0.2, -0.15) is 5.10 Å². The smallest absolute Gasteiger partial charge is 0.108 e. The van der Waals surface area contributed by atoms with Crippen molar-refractivity contribution in [3.63, 3.8) is 0 Å². The minimum atomic E-state index is 0.373. The van der Waals surface area contributed by atoms with Crippen molar-refractivity contribution in [2.75, 3.05) is 10.3 Å². The molecule has 6 aromatic carbocycles. The molecule has 0 aromatic heterocycles. The number of hydrazone groups is 1. The molecule has 0 radical (unpaired) electrons. The largest absolute Gasteiger partial charge is 0.310 e. The molecule has 0 amide bonds. The first-order valence-corrected chi connectivity index (χ1v) is 15.3. The Balaban J connectivity index is 1.34. The topological polar surface area (TPSA) is 51.5 Å². The highest BCUT2D eigenvalue weighted by Gasteiger charge is 2.17. The quantitative estimate of drug-likeness (QED) is 0.136. The van der Waals surface area contributed by atoms with Crippen molar-refractivity contribution in [2.45, 2.75) is 0 Å². The van der Waals surface area contributed by atoms with Crippen LogP contribution in [0.1, 0.15) is 0 Å². The second kappa shape index (κ2) is 13.2. The van der Waals surface area contributed by atoms with Gasteiger partial charge in [-0.3, -0.25) is 10.8 Å². The van der Waals surface area contributed by atoms with Crippen LogP contribution in [0.3, 0.4) is 0 Å². The van der Waals surface area contributed by atoms with Gasteiger partial charge in [-0.25, -0.2) is 0 Å². The van der Waals surface area contributed by atoms with Gasteiger partial charge in [0.05, 0.1) is 11.4 Å². The number of hydrogen-bond donors (Lipinski definition) is 2. The fourth-order valence-electron chi connectivity index (χ4n) is 5.69. The average molecular weight is 593 g/mol. The molecule has 0 bridgehead atoms. The van der Waals surface area contributed by atoms with Crippen LogP contribution in [0.5, 0.6) is 0 Å². The Hall–Kier alpha value is -6.26. The highest BCUT2D eigenvalue weighted by molar-refractivity contribution is 6.50. The van der Waals surface area contributed by atoms with E-state index in [4.69, 9.17) is 5.41 Å². The van der Waals surface area contributed by atoms with Crippen LogP contribution >= 0.6 is 0 Å². The van der Waals surface area contributed by atoms with Gasteiger partial charge in [0.25, 0.3) is 0 Å². The van der Waals surface area contributed by atoms with Crippen molar-refractivity contribution < 1.29 is 0 Å². The predicted molar refractivity (Wildman–Crippen MR) is 194 cm³/mol. The van der Waals surface area contributed by atoms with Gasteiger partial charge in [0.2, 0.25) is 0 Å². The summed E-state index contributed by atoms with van der Waals surface area (Å²) < 4.78 is 0. The zero-order valence-corrected chi connectivity index (χ0v) is 25.2. The van der Waals surface area contributed by atoms with E-state index in [1.165, 1.54) is 16.7 Å². The molecule has 0 fully saturated rings. The van der Waals surface area contributed by atoms with Gasteiger partial charge in [0.15, 0.2) is 0 Å². The van der Waals surface area contributed by atoms with Crippen LogP contribution in [0.15, 0.2) is 187 Å². The molecule has 4 nitrogen and oxygen atoms in total. The summed E-state index contributed by atoms with van der Waals surface area (Å²) in [6.07, 6.45) is 7.30. The molecule has 220 valence electrons. The first kappa shape index (κ1) is 28.5. The van der Waals surface area contributed by atoms with E-state index in [1.54, 1.807) is 6.08 Å². The summed E-state index contributed by atoms with van der Waals surface area (Å²) in [5, 5.41) is 12.7. The van der Waals surface area contributed by atoms with Crippen LogP contribution in [-0.4, -0.2) is 11.4 Å². The van der Waals surface area contributed by atoms with Crippen LogP contribution < -0.4 is 10.3 Å². The van der Waals surface area contributed by atoms with E-state index in [0.29, 0.717) is 11.4 Å². The molecule has 6 aromatic rings. The lowest BCUT2D eigenvalue weighted by atomic mass is 9.93. The summed E-state index contributed by atoms with van der Waals surface area (Å²) >= 11 is 0. The van der Waals surface area contributed by atoms with Crippen molar-refractivity contribution in [3.8, 4) is 33.4 Å². The lowest BCUT2D eigenvalue weighted by Crippen LogP contribution is -2.12. The molecule has 1 aliphatic rings. The Bertz CT molecular complexity index is 2060. The van der Waals surface area contributed by atoms with Gasteiger partial charge in [-0.05, 0) is 88.0 Å². The molecular weight excluding hydrogens is 560 g/mol. The third-order valence-corrected chi connectivity index (χ3v) is 7.98. The number of nitrogens with zero attached hydrogens (tertiary/aromatic N) is 2. The Morgan fingerprint density at radius 2 is 1.02 bits per heavy atom. The van der Waals surface area contributed by atoms with E-state index >= 15 is 0 Å². The molecule has 0 saturated heterocycles. The van der Waals surface area contributed by atoms with Gasteiger partial charge in [-0.15, -0.1) is 0 Å². The van der Waals surface area contributed by atoms with Crippen LogP contribution in [0.25, 0.3) is 33.4 Å². The van der Waals surface area contributed by atoms with Gasteiger partial charge >= 0.3 is 0 Å². The van der Waals surface area contributed by atoms with Crippen LogP contribution in [-0.2, 0) is 0 Å². The lowest BCUT2D eigenvalue weighted by molar-refractivity contribution is 1.27. The van der Waals surface area contributed by atoms with Crippen LogP contribution in [0.2, 0.25) is 0 Å². The summed E-state index contributed by atoms with van der Waals surface area (Å²) in [6.45, 7) is 0. The van der Waals surface area contributed by atoms with E-state index < -0.39 is 0 Å². The number of anilines is 4. The highest BCUT2D eigenvalue weighted by Crippen LogP contribution is 2.41. The number of nitrogens with one attached hydrogen (secondary N) is 2. The summed E-state index contributed by atoms with van der Waals surface area (Å²) in [5.74, 6) is 0. The summed E-state index contributed by atoms with van der Waals surface area (Å²) in [5.41, 5.74) is 15.0. The lowest BCUT2D eigenvalue weighted by Gasteiger charge is -2.27. The van der Waals surface area contributed by atoms with E-state index in [9.17, 15) is 0 Å². The molecule has 0 saturated carbocycles. The van der Waals surface area contributed by atoms with Gasteiger partial charge in [0.1, 0.15) is 5.71 Å². The number of rotatable bonds is 8. The van der Waals surface area contributed by atoms with Gasteiger partial charge in [-0.1, -0.05) is 127 Å². The monoisotopic (exact) mass is 592 g/mol. The van der Waals surface area contributed by atoms with E-state index in [1.807, 2.05) is 36.4 Å². The van der Waals surface area contributed by atoms with Crippen molar-refractivity contribution in [2.24, 2.45) is 5.10 Å². The fraction of sp³-hybridized carbons (Fsp3) is 0. The molecule has 7 rings (SSSR count). The van der Waals surface area contributed by atoms with Crippen molar-refractivity contribution >= 4 is 34.2 Å². The molecule has 0 unspecified atom stereocenters. The van der Waals surface area contributed by atoms with Gasteiger partial charge in [0, 0.05) is 17.1 Å². The SMILES string of the molecule is N=C1C=CC=C/C1=N/Nc1cccc(N(c2ccc(-c3ccccc3)cc2)c2ccc(-c3ccccc3)c(-c3ccccc3)c2)c1. The van der Waals surface area contributed by atoms with Gasteiger partial charge < -0.3 is 4.90 Å². The summed E-state index contributed by atoms with van der Waals surface area (Å²) in [4.78, 5) is 2.28. The Kier molecular flexibility index (Phi) is 8.16. The third-order valence-electron chi connectivity index (χ3n) is 7.98. The average Bonchev–Trinajstić information content (AvgIpc) is 3.13. The van der Waals surface area contributed by atoms with E-state index in [-0.39, 0.29) is 0 Å². The van der Waals surface area contributed by atoms with E-state index in [0.717, 1.165) is 39.4 Å². The van der Waals surface area contributed by atoms with E-state index in [2.05, 4.69) is 155 Å². The van der Waals surface area contributed by atoms with Crippen molar-refractivity contribution in [3.05, 3.63) is 182 Å². The first-order valence-electron chi connectivity index (χ1n) is 15.3. The maximum Gasteiger partial charge on any atom is 0.108 e. The molecule has 0 aliphatic heterocycles. The Morgan fingerprint density at radius 3 is 1.70 bits per heavy atom. The summed E-state index contributed by atoms with van der Waals surface area (Å²) in [7, 11) is 0. The second-order valence-electron chi connectivity index (χ2n) is 11.0. The summed E-state index contributed by atoms with van der Waals surface area (Å²) in [6, 6.07) is 55.2. The molecule has 0 spiro atoms. The minimum absolute atomic E-state index is 0.373. The normalized spacial score (nSPS) is 13.1. The molecule has 0 heterocycles. The minimum Gasteiger partial charge on any atom is -0.310 e. The predicted octanol–water partition coefficient (Wildman–Crippen LogP) is 11.1. The first-order chi connectivity index (χ1) is 22.7. The fourth-order valence-corrected chi connectivity index (χ4v) is 5.69. The maximum atomic E-state index is 8.18. The standard InChI is InChI=1S/C42H32N4/c43-41-21-10-11-22-42(41)45-44-35-19-12-20-37(29-35)46(36-25-23-32(24-26-36)31-13-4-1-5-14-31)38-27-28-39(33-15-6-2-7-16-33)40(30-38)34-17-8-3-9-18-34/h1-30,43-44H/b43-41?,45-42-. The van der Waals surface area contributed by atoms with Crippen molar-refractivity contribution in [1.29, 1.82) is 5.41 Å². The molecule has 0 atom stereocenters. The Morgan fingerprint density at radius 1 is 0.457 bits per heavy atom.